The Bertz CT molecular complexity index is 447. The largest absolute Gasteiger partial charge is 0.396 e. The van der Waals surface area contributed by atoms with Crippen molar-refractivity contribution < 1.29 is 4.43 Å². The number of hydrogen-bond donors (Lipinski definition) is 0. The predicted octanol–water partition coefficient (Wildman–Crippen LogP) is 2.60. The summed E-state index contributed by atoms with van der Waals surface area (Å²) in [5, 5.41) is 9.45. The highest BCUT2D eigenvalue weighted by molar-refractivity contribution is 6.69. The van der Waals surface area contributed by atoms with E-state index >= 15 is 0 Å². The molecule has 84 valence electrons. The first-order chi connectivity index (χ1) is 7.47. The highest BCUT2D eigenvalue weighted by Crippen LogP contribution is 2.40. The summed E-state index contributed by atoms with van der Waals surface area (Å²) in [4.78, 5) is 4.10. The van der Waals surface area contributed by atoms with Crippen molar-refractivity contribution in [1.82, 2.24) is 4.98 Å². The molecule has 2 rings (SSSR count). The summed E-state index contributed by atoms with van der Waals surface area (Å²) in [6, 6.07) is 4.30. The molecule has 16 heavy (non-hydrogen) atoms. The SMILES string of the molecule is C[Si](C)(C)OC1(C#N)CCc2cnccc21. The molecule has 0 aromatic carbocycles. The fourth-order valence-electron chi connectivity index (χ4n) is 2.23. The Morgan fingerprint density at radius 1 is 1.50 bits per heavy atom. The van der Waals surface area contributed by atoms with E-state index in [2.05, 4.69) is 30.7 Å². The summed E-state index contributed by atoms with van der Waals surface area (Å²) >= 11 is 0. The Kier molecular flexibility index (Phi) is 2.60. The van der Waals surface area contributed by atoms with Gasteiger partial charge in [-0.05, 0) is 44.1 Å². The molecule has 0 saturated heterocycles. The number of nitrogens with zero attached hydrogens (tertiary/aromatic N) is 2. The normalized spacial score (nSPS) is 23.9. The minimum atomic E-state index is -1.73. The van der Waals surface area contributed by atoms with Gasteiger partial charge in [-0.3, -0.25) is 4.98 Å². The first-order valence-corrected chi connectivity index (χ1v) is 8.92. The van der Waals surface area contributed by atoms with Gasteiger partial charge in [-0.2, -0.15) is 5.26 Å². The zero-order chi connectivity index (χ0) is 11.8. The van der Waals surface area contributed by atoms with Gasteiger partial charge in [0.1, 0.15) is 6.07 Å². The average molecular weight is 232 g/mol. The molecule has 3 nitrogen and oxygen atoms in total. The minimum Gasteiger partial charge on any atom is -0.396 e. The lowest BCUT2D eigenvalue weighted by Crippen LogP contribution is -2.38. The lowest BCUT2D eigenvalue weighted by atomic mass is 9.99. The summed E-state index contributed by atoms with van der Waals surface area (Å²) < 4.78 is 6.11. The molecule has 1 heterocycles. The lowest BCUT2D eigenvalue weighted by Gasteiger charge is -2.30. The fourth-order valence-corrected chi connectivity index (χ4v) is 3.54. The van der Waals surface area contributed by atoms with Gasteiger partial charge in [-0.1, -0.05) is 0 Å². The quantitative estimate of drug-likeness (QED) is 0.736. The molecule has 0 amide bonds. The molecule has 0 aliphatic heterocycles. The number of rotatable bonds is 2. The third-order valence-electron chi connectivity index (χ3n) is 2.75. The zero-order valence-electron chi connectivity index (χ0n) is 9.95. The molecule has 1 atom stereocenters. The van der Waals surface area contributed by atoms with Gasteiger partial charge in [-0.25, -0.2) is 0 Å². The molecule has 0 N–H and O–H groups in total. The van der Waals surface area contributed by atoms with Crippen LogP contribution in [0.1, 0.15) is 17.5 Å². The number of hydrogen-bond acceptors (Lipinski definition) is 3. The Labute approximate surface area is 97.2 Å². The van der Waals surface area contributed by atoms with E-state index in [9.17, 15) is 5.26 Å². The van der Waals surface area contributed by atoms with Crippen molar-refractivity contribution in [2.24, 2.45) is 0 Å². The molecule has 0 radical (unpaired) electrons. The van der Waals surface area contributed by atoms with Crippen LogP contribution in [0.5, 0.6) is 0 Å². The second-order valence-corrected chi connectivity index (χ2v) is 9.61. The fraction of sp³-hybridized carbons (Fsp3) is 0.500. The molecule has 1 aliphatic rings. The van der Waals surface area contributed by atoms with E-state index in [1.54, 1.807) is 6.20 Å². The molecule has 1 aromatic rings. The second kappa shape index (κ2) is 3.69. The van der Waals surface area contributed by atoms with Crippen LogP contribution in [0, 0.1) is 11.3 Å². The third-order valence-corrected chi connectivity index (χ3v) is 3.71. The van der Waals surface area contributed by atoms with Crippen LogP contribution in [0.4, 0.5) is 0 Å². The standard InChI is InChI=1S/C12H16N2OSi/c1-16(2,3)15-12(9-13)6-4-10-8-14-7-5-11(10)12/h5,7-8H,4,6H2,1-3H3. The minimum absolute atomic E-state index is 0.719. The number of aryl methyl sites for hydroxylation is 1. The van der Waals surface area contributed by atoms with Crippen molar-refractivity contribution in [3.05, 3.63) is 29.6 Å². The van der Waals surface area contributed by atoms with E-state index in [0.717, 1.165) is 24.0 Å². The van der Waals surface area contributed by atoms with Gasteiger partial charge < -0.3 is 4.43 Å². The Hall–Kier alpha value is -1.18. The highest BCUT2D eigenvalue weighted by Gasteiger charge is 2.43. The van der Waals surface area contributed by atoms with Crippen LogP contribution in [0.25, 0.3) is 0 Å². The first kappa shape index (κ1) is 11.3. The molecular weight excluding hydrogens is 216 g/mol. The van der Waals surface area contributed by atoms with Crippen molar-refractivity contribution in [2.75, 3.05) is 0 Å². The summed E-state index contributed by atoms with van der Waals surface area (Å²) in [6.07, 6.45) is 5.24. The van der Waals surface area contributed by atoms with Crippen LogP contribution in [0.3, 0.4) is 0 Å². The van der Waals surface area contributed by atoms with Gasteiger partial charge in [0.25, 0.3) is 0 Å². The summed E-state index contributed by atoms with van der Waals surface area (Å²) in [5.74, 6) is 0. The molecule has 0 fully saturated rings. The van der Waals surface area contributed by atoms with Crippen LogP contribution in [-0.4, -0.2) is 13.3 Å². The van der Waals surface area contributed by atoms with Gasteiger partial charge in [0.2, 0.25) is 0 Å². The van der Waals surface area contributed by atoms with Crippen LogP contribution >= 0.6 is 0 Å². The topological polar surface area (TPSA) is 45.9 Å². The Balaban J connectivity index is 2.43. The van der Waals surface area contributed by atoms with Gasteiger partial charge >= 0.3 is 0 Å². The van der Waals surface area contributed by atoms with Gasteiger partial charge in [0, 0.05) is 18.0 Å². The maximum atomic E-state index is 9.45. The number of nitriles is 1. The molecular formula is C12H16N2OSi. The van der Waals surface area contributed by atoms with E-state index in [-0.39, 0.29) is 0 Å². The summed E-state index contributed by atoms with van der Waals surface area (Å²) in [7, 11) is -1.73. The van der Waals surface area contributed by atoms with Crippen molar-refractivity contribution in [1.29, 1.82) is 5.26 Å². The maximum Gasteiger partial charge on any atom is 0.186 e. The Morgan fingerprint density at radius 3 is 2.88 bits per heavy atom. The van der Waals surface area contributed by atoms with Crippen LogP contribution in [0.15, 0.2) is 18.5 Å². The number of fused-ring (bicyclic) bond motifs is 1. The van der Waals surface area contributed by atoms with E-state index in [4.69, 9.17) is 4.43 Å². The van der Waals surface area contributed by atoms with Crippen LogP contribution in [0.2, 0.25) is 19.6 Å². The van der Waals surface area contributed by atoms with Crippen molar-refractivity contribution in [2.45, 2.75) is 38.1 Å². The van der Waals surface area contributed by atoms with Crippen molar-refractivity contribution >= 4 is 8.32 Å². The molecule has 0 bridgehead atoms. The molecule has 1 aliphatic carbocycles. The molecule has 1 aromatic heterocycles. The zero-order valence-corrected chi connectivity index (χ0v) is 10.9. The monoisotopic (exact) mass is 232 g/mol. The summed E-state index contributed by atoms with van der Waals surface area (Å²) in [5.41, 5.74) is 1.46. The Morgan fingerprint density at radius 2 is 2.25 bits per heavy atom. The van der Waals surface area contributed by atoms with E-state index in [1.165, 1.54) is 0 Å². The highest BCUT2D eigenvalue weighted by atomic mass is 28.4. The third kappa shape index (κ3) is 1.88. The number of pyridine rings is 1. The summed E-state index contributed by atoms with van der Waals surface area (Å²) in [6.45, 7) is 6.35. The van der Waals surface area contributed by atoms with Gasteiger partial charge in [-0.15, -0.1) is 0 Å². The molecule has 1 unspecified atom stereocenters. The maximum absolute atomic E-state index is 9.45. The van der Waals surface area contributed by atoms with Gasteiger partial charge in [0.05, 0.1) is 0 Å². The van der Waals surface area contributed by atoms with E-state index in [1.807, 2.05) is 12.3 Å². The van der Waals surface area contributed by atoms with E-state index < -0.39 is 13.9 Å². The second-order valence-electron chi connectivity index (χ2n) is 5.19. The van der Waals surface area contributed by atoms with Crippen molar-refractivity contribution in [3.8, 4) is 6.07 Å². The first-order valence-electron chi connectivity index (χ1n) is 5.52. The number of aromatic nitrogens is 1. The molecule has 0 spiro atoms. The average Bonchev–Trinajstić information content (AvgIpc) is 2.57. The smallest absolute Gasteiger partial charge is 0.186 e. The molecule has 4 heteroatoms. The molecule has 0 saturated carbocycles. The van der Waals surface area contributed by atoms with E-state index in [0.29, 0.717) is 0 Å². The van der Waals surface area contributed by atoms with Crippen LogP contribution < -0.4 is 0 Å². The predicted molar refractivity (Wildman–Crippen MR) is 64.3 cm³/mol. The van der Waals surface area contributed by atoms with Crippen LogP contribution in [-0.2, 0) is 16.4 Å². The van der Waals surface area contributed by atoms with Crippen molar-refractivity contribution in [3.63, 3.8) is 0 Å². The lowest BCUT2D eigenvalue weighted by molar-refractivity contribution is 0.121. The van der Waals surface area contributed by atoms with Gasteiger partial charge in [0.15, 0.2) is 13.9 Å².